The Kier molecular flexibility index (Phi) is 3.58. The molecule has 0 amide bonds. The van der Waals surface area contributed by atoms with E-state index in [1.54, 1.807) is 0 Å². The smallest absolute Gasteiger partial charge is 0.0970 e. The lowest BCUT2D eigenvalue weighted by atomic mass is 10.1. The first-order valence-corrected chi connectivity index (χ1v) is 6.06. The number of aryl methyl sites for hydroxylation is 1. The Hall–Kier alpha value is -1.33. The summed E-state index contributed by atoms with van der Waals surface area (Å²) >= 11 is 1.37. The minimum Gasteiger partial charge on any atom is -0.305 e. The van der Waals surface area contributed by atoms with Crippen molar-refractivity contribution in [1.82, 2.24) is 19.9 Å². The Bertz CT molecular complexity index is 441. The zero-order valence-electron chi connectivity index (χ0n) is 9.34. The molecule has 2 heterocycles. The summed E-state index contributed by atoms with van der Waals surface area (Å²) in [5.41, 5.74) is 3.25. The second-order valence-corrected chi connectivity index (χ2v) is 4.23. The third kappa shape index (κ3) is 2.43. The summed E-state index contributed by atoms with van der Waals surface area (Å²) in [6.07, 6.45) is 3.73. The number of rotatable bonds is 4. The second-order valence-electron chi connectivity index (χ2n) is 3.62. The van der Waals surface area contributed by atoms with Gasteiger partial charge in [-0.2, -0.15) is 0 Å². The number of hydrogen-bond donors (Lipinski definition) is 1. The van der Waals surface area contributed by atoms with Crippen LogP contribution >= 0.6 is 11.5 Å². The van der Waals surface area contributed by atoms with Crippen LogP contribution in [0.2, 0.25) is 0 Å². The van der Waals surface area contributed by atoms with E-state index in [2.05, 4.69) is 32.9 Å². The maximum Gasteiger partial charge on any atom is 0.0970 e. The quantitative estimate of drug-likeness (QED) is 0.878. The molecule has 0 saturated heterocycles. The van der Waals surface area contributed by atoms with E-state index in [9.17, 15) is 0 Å². The van der Waals surface area contributed by atoms with E-state index < -0.39 is 0 Å². The summed E-state index contributed by atoms with van der Waals surface area (Å²) in [7, 11) is 0. The van der Waals surface area contributed by atoms with Gasteiger partial charge >= 0.3 is 0 Å². The highest BCUT2D eigenvalue weighted by molar-refractivity contribution is 7.03. The maximum absolute atomic E-state index is 4.21. The predicted molar refractivity (Wildman–Crippen MR) is 64.4 cm³/mol. The van der Waals surface area contributed by atoms with Crippen molar-refractivity contribution in [2.75, 3.05) is 6.54 Å². The third-order valence-electron chi connectivity index (χ3n) is 2.31. The topological polar surface area (TPSA) is 50.7 Å². The van der Waals surface area contributed by atoms with Gasteiger partial charge in [0.2, 0.25) is 0 Å². The second kappa shape index (κ2) is 5.14. The summed E-state index contributed by atoms with van der Waals surface area (Å²) in [6, 6.07) is 2.22. The molecule has 84 valence electrons. The summed E-state index contributed by atoms with van der Waals surface area (Å²) in [5, 5.41) is 9.48. The summed E-state index contributed by atoms with van der Waals surface area (Å²) in [5.74, 6) is 0. The van der Waals surface area contributed by atoms with Crippen molar-refractivity contribution in [3.8, 4) is 0 Å². The van der Waals surface area contributed by atoms with Gasteiger partial charge in [-0.15, -0.1) is 5.10 Å². The molecule has 4 nitrogen and oxygen atoms in total. The maximum atomic E-state index is 4.21. The minimum absolute atomic E-state index is 0.0937. The van der Waals surface area contributed by atoms with Crippen LogP contribution < -0.4 is 5.32 Å². The summed E-state index contributed by atoms with van der Waals surface area (Å²) < 4.78 is 3.90. The fourth-order valence-corrected chi connectivity index (χ4v) is 2.11. The lowest BCUT2D eigenvalue weighted by molar-refractivity contribution is 0.611. The average molecular weight is 234 g/mol. The standard InChI is InChI=1S/C11H14N4S/c1-3-13-11(10-7-16-15-14-10)9-4-8(2)5-12-6-9/h4-7,11,13H,3H2,1-2H3. The largest absolute Gasteiger partial charge is 0.305 e. The van der Waals surface area contributed by atoms with E-state index in [0.717, 1.165) is 23.4 Å². The molecule has 2 rings (SSSR count). The lowest BCUT2D eigenvalue weighted by Gasteiger charge is -2.15. The molecule has 0 spiro atoms. The Labute approximate surface area is 98.9 Å². The Morgan fingerprint density at radius 1 is 1.44 bits per heavy atom. The zero-order chi connectivity index (χ0) is 11.4. The lowest BCUT2D eigenvalue weighted by Crippen LogP contribution is -2.22. The van der Waals surface area contributed by atoms with Gasteiger partial charge in [-0.3, -0.25) is 4.98 Å². The highest BCUT2D eigenvalue weighted by Gasteiger charge is 2.15. The molecule has 0 aliphatic heterocycles. The van der Waals surface area contributed by atoms with Crippen molar-refractivity contribution in [3.05, 3.63) is 40.7 Å². The normalized spacial score (nSPS) is 12.6. The van der Waals surface area contributed by atoms with Gasteiger partial charge in [0.25, 0.3) is 0 Å². The van der Waals surface area contributed by atoms with Crippen LogP contribution in [-0.4, -0.2) is 21.1 Å². The SMILES string of the molecule is CCNC(c1cncc(C)c1)c1csnn1. The van der Waals surface area contributed by atoms with Gasteiger partial charge in [0.1, 0.15) is 0 Å². The molecule has 16 heavy (non-hydrogen) atoms. The summed E-state index contributed by atoms with van der Waals surface area (Å²) in [4.78, 5) is 4.21. The number of hydrogen-bond acceptors (Lipinski definition) is 5. The number of nitrogens with zero attached hydrogens (tertiary/aromatic N) is 3. The van der Waals surface area contributed by atoms with Gasteiger partial charge in [-0.05, 0) is 36.1 Å². The third-order valence-corrected chi connectivity index (χ3v) is 2.83. The molecule has 2 aromatic heterocycles. The molecule has 1 unspecified atom stereocenters. The number of aromatic nitrogens is 3. The van der Waals surface area contributed by atoms with E-state index >= 15 is 0 Å². The van der Waals surface area contributed by atoms with Gasteiger partial charge in [0.15, 0.2) is 0 Å². The van der Waals surface area contributed by atoms with Gasteiger partial charge in [-0.25, -0.2) is 0 Å². The van der Waals surface area contributed by atoms with Crippen LogP contribution in [0.1, 0.15) is 29.8 Å². The van der Waals surface area contributed by atoms with E-state index in [1.165, 1.54) is 11.5 Å². The first kappa shape index (κ1) is 11.2. The molecule has 0 bridgehead atoms. The highest BCUT2D eigenvalue weighted by atomic mass is 32.1. The van der Waals surface area contributed by atoms with Gasteiger partial charge in [0, 0.05) is 17.8 Å². The molecule has 0 aliphatic carbocycles. The molecular weight excluding hydrogens is 220 g/mol. The first-order chi connectivity index (χ1) is 7.81. The molecule has 0 aromatic carbocycles. The van der Waals surface area contributed by atoms with Gasteiger partial charge < -0.3 is 5.32 Å². The Morgan fingerprint density at radius 3 is 2.94 bits per heavy atom. The molecule has 5 heteroatoms. The molecule has 1 atom stereocenters. The van der Waals surface area contributed by atoms with E-state index in [0.29, 0.717) is 0 Å². The van der Waals surface area contributed by atoms with Gasteiger partial charge in [0.05, 0.1) is 11.7 Å². The van der Waals surface area contributed by atoms with Crippen LogP contribution in [0.3, 0.4) is 0 Å². The Balaban J connectivity index is 2.33. The van der Waals surface area contributed by atoms with Crippen molar-refractivity contribution < 1.29 is 0 Å². The van der Waals surface area contributed by atoms with Gasteiger partial charge in [-0.1, -0.05) is 17.5 Å². The van der Waals surface area contributed by atoms with Crippen LogP contribution in [0.5, 0.6) is 0 Å². The van der Waals surface area contributed by atoms with Crippen LogP contribution in [0.15, 0.2) is 23.8 Å². The molecular formula is C11H14N4S. The van der Waals surface area contributed by atoms with Crippen LogP contribution in [-0.2, 0) is 0 Å². The number of nitrogens with one attached hydrogen (secondary N) is 1. The molecule has 2 aromatic rings. The zero-order valence-corrected chi connectivity index (χ0v) is 10.2. The Morgan fingerprint density at radius 2 is 2.31 bits per heavy atom. The predicted octanol–water partition coefficient (Wildman–Crippen LogP) is 1.94. The average Bonchev–Trinajstić information content (AvgIpc) is 2.79. The molecule has 0 fully saturated rings. The molecule has 0 radical (unpaired) electrons. The minimum atomic E-state index is 0.0937. The first-order valence-electron chi connectivity index (χ1n) is 5.23. The van der Waals surface area contributed by atoms with Crippen molar-refractivity contribution in [2.45, 2.75) is 19.9 Å². The summed E-state index contributed by atoms with van der Waals surface area (Å²) in [6.45, 7) is 5.00. The van der Waals surface area contributed by atoms with Crippen LogP contribution in [0.25, 0.3) is 0 Å². The monoisotopic (exact) mass is 234 g/mol. The van der Waals surface area contributed by atoms with Crippen LogP contribution in [0.4, 0.5) is 0 Å². The number of pyridine rings is 1. The van der Waals surface area contributed by atoms with Crippen molar-refractivity contribution in [3.63, 3.8) is 0 Å². The molecule has 1 N–H and O–H groups in total. The van der Waals surface area contributed by atoms with Crippen molar-refractivity contribution >= 4 is 11.5 Å². The molecule has 0 aliphatic rings. The van der Waals surface area contributed by atoms with E-state index in [-0.39, 0.29) is 6.04 Å². The fourth-order valence-electron chi connectivity index (χ4n) is 1.63. The van der Waals surface area contributed by atoms with Crippen molar-refractivity contribution in [2.24, 2.45) is 0 Å². The highest BCUT2D eigenvalue weighted by Crippen LogP contribution is 2.20. The molecule has 0 saturated carbocycles. The van der Waals surface area contributed by atoms with E-state index in [4.69, 9.17) is 0 Å². The van der Waals surface area contributed by atoms with E-state index in [1.807, 2.05) is 24.7 Å². The van der Waals surface area contributed by atoms with Crippen LogP contribution in [0, 0.1) is 6.92 Å². The van der Waals surface area contributed by atoms with Crippen molar-refractivity contribution in [1.29, 1.82) is 0 Å². The fraction of sp³-hybridized carbons (Fsp3) is 0.364.